The molecule has 4 heteroatoms. The largest absolute Gasteiger partial charge is 0.458 e. The Morgan fingerprint density at radius 3 is 2.49 bits per heavy atom. The summed E-state index contributed by atoms with van der Waals surface area (Å²) in [5.74, 6) is 3.79. The first-order chi connectivity index (χ1) is 17.1. The highest BCUT2D eigenvalue weighted by Gasteiger charge is 2.59. The summed E-state index contributed by atoms with van der Waals surface area (Å²) >= 11 is 0. The number of hydrogen-bond acceptors (Lipinski definition) is 4. The third kappa shape index (κ3) is 6.32. The number of hydrogen-bond donors (Lipinski definition) is 1. The Labute approximate surface area is 227 Å². The van der Waals surface area contributed by atoms with E-state index < -0.39 is 11.2 Å². The highest BCUT2D eigenvalue weighted by atomic mass is 16.6. The molecule has 0 radical (unpaired) electrons. The Hall–Kier alpha value is -0.870. The minimum atomic E-state index is -0.540. The summed E-state index contributed by atoms with van der Waals surface area (Å²) < 4.78 is 11.5. The standard InChI is InChI=1S/C33H56O4/c1-22(10-9-17-31(5,6)35)26-13-14-27-25-12-11-23-20-24(36-21-29(34)37-30(2,3)4)15-18-32(23,7)28(25)16-19-33(26,27)8/h11,22,24-28,35H,9-10,12-21H2,1-8H3/t22-,24+,25+,26-,27+,28+,32+,33-/m1/s1. The number of carbonyl (C=O) groups excluding carboxylic acids is 1. The van der Waals surface area contributed by atoms with Crippen LogP contribution in [0.25, 0.3) is 0 Å². The lowest BCUT2D eigenvalue weighted by Gasteiger charge is -2.58. The Morgan fingerprint density at radius 1 is 1.08 bits per heavy atom. The van der Waals surface area contributed by atoms with Gasteiger partial charge in [-0.05, 0) is 133 Å². The van der Waals surface area contributed by atoms with Crippen molar-refractivity contribution in [2.45, 2.75) is 143 Å². The molecular weight excluding hydrogens is 460 g/mol. The Morgan fingerprint density at radius 2 is 1.81 bits per heavy atom. The zero-order chi connectivity index (χ0) is 27.2. The fourth-order valence-electron chi connectivity index (χ4n) is 9.36. The van der Waals surface area contributed by atoms with Gasteiger partial charge in [0.2, 0.25) is 0 Å². The van der Waals surface area contributed by atoms with E-state index in [1.165, 1.54) is 44.9 Å². The first-order valence-corrected chi connectivity index (χ1v) is 15.4. The van der Waals surface area contributed by atoms with Gasteiger partial charge in [0.15, 0.2) is 0 Å². The van der Waals surface area contributed by atoms with E-state index >= 15 is 0 Å². The van der Waals surface area contributed by atoms with Gasteiger partial charge >= 0.3 is 5.97 Å². The summed E-state index contributed by atoms with van der Waals surface area (Å²) in [6.45, 7) is 17.3. The maximum Gasteiger partial charge on any atom is 0.332 e. The Bertz CT molecular complexity index is 847. The number of allylic oxidation sites excluding steroid dienone is 1. The van der Waals surface area contributed by atoms with Gasteiger partial charge in [0.1, 0.15) is 12.2 Å². The molecule has 3 fully saturated rings. The maximum atomic E-state index is 12.2. The van der Waals surface area contributed by atoms with Gasteiger partial charge in [-0.25, -0.2) is 4.79 Å². The van der Waals surface area contributed by atoms with Crippen molar-refractivity contribution >= 4 is 5.97 Å². The first-order valence-electron chi connectivity index (χ1n) is 15.4. The second-order valence-corrected chi connectivity index (χ2v) is 15.4. The molecule has 0 aromatic carbocycles. The maximum absolute atomic E-state index is 12.2. The second kappa shape index (κ2) is 10.6. The van der Waals surface area contributed by atoms with Gasteiger partial charge in [-0.15, -0.1) is 0 Å². The van der Waals surface area contributed by atoms with Crippen LogP contribution in [-0.2, 0) is 14.3 Å². The van der Waals surface area contributed by atoms with Crippen LogP contribution in [0.2, 0.25) is 0 Å². The molecule has 8 atom stereocenters. The predicted molar refractivity (Wildman–Crippen MR) is 150 cm³/mol. The quantitative estimate of drug-likeness (QED) is 0.263. The molecule has 0 aliphatic heterocycles. The van der Waals surface area contributed by atoms with Crippen LogP contribution in [0, 0.1) is 40.4 Å². The van der Waals surface area contributed by atoms with Gasteiger partial charge in [-0.3, -0.25) is 0 Å². The average molecular weight is 517 g/mol. The lowest BCUT2D eigenvalue weighted by molar-refractivity contribution is -0.163. The van der Waals surface area contributed by atoms with Crippen molar-refractivity contribution in [1.82, 2.24) is 0 Å². The molecule has 0 spiro atoms. The Balaban J connectivity index is 1.38. The van der Waals surface area contributed by atoms with Crippen LogP contribution in [0.1, 0.15) is 126 Å². The van der Waals surface area contributed by atoms with Crippen LogP contribution in [0.4, 0.5) is 0 Å². The summed E-state index contributed by atoms with van der Waals surface area (Å²) in [7, 11) is 0. The number of ether oxygens (including phenoxy) is 2. The van der Waals surface area contributed by atoms with Crippen molar-refractivity contribution in [3.8, 4) is 0 Å². The highest BCUT2D eigenvalue weighted by Crippen LogP contribution is 2.67. The fourth-order valence-corrected chi connectivity index (χ4v) is 9.36. The molecule has 3 saturated carbocycles. The van der Waals surface area contributed by atoms with Crippen molar-refractivity contribution < 1.29 is 19.4 Å². The van der Waals surface area contributed by atoms with E-state index in [0.717, 1.165) is 55.3 Å². The van der Waals surface area contributed by atoms with Crippen LogP contribution >= 0.6 is 0 Å². The zero-order valence-electron chi connectivity index (χ0n) is 25.2. The molecule has 4 nitrogen and oxygen atoms in total. The molecule has 0 heterocycles. The van der Waals surface area contributed by atoms with E-state index in [0.29, 0.717) is 10.8 Å². The van der Waals surface area contributed by atoms with E-state index in [2.05, 4.69) is 26.8 Å². The smallest absolute Gasteiger partial charge is 0.332 e. The number of esters is 1. The minimum absolute atomic E-state index is 0.0633. The molecule has 0 unspecified atom stereocenters. The highest BCUT2D eigenvalue weighted by molar-refractivity contribution is 5.71. The minimum Gasteiger partial charge on any atom is -0.458 e. The molecule has 0 saturated heterocycles. The van der Waals surface area contributed by atoms with Gasteiger partial charge in [-0.1, -0.05) is 45.3 Å². The summed E-state index contributed by atoms with van der Waals surface area (Å²) in [5.41, 5.74) is 1.38. The second-order valence-electron chi connectivity index (χ2n) is 15.4. The lowest BCUT2D eigenvalue weighted by Crippen LogP contribution is -2.51. The van der Waals surface area contributed by atoms with E-state index in [-0.39, 0.29) is 18.7 Å². The molecule has 4 aliphatic carbocycles. The molecule has 1 N–H and O–H groups in total. The van der Waals surface area contributed by atoms with Crippen molar-refractivity contribution in [2.75, 3.05) is 6.61 Å². The van der Waals surface area contributed by atoms with Crippen molar-refractivity contribution in [3.63, 3.8) is 0 Å². The normalized spacial score (nSPS) is 38.7. The van der Waals surface area contributed by atoms with Crippen LogP contribution in [0.5, 0.6) is 0 Å². The third-order valence-corrected chi connectivity index (χ3v) is 11.1. The van der Waals surface area contributed by atoms with Gasteiger partial charge < -0.3 is 14.6 Å². The summed E-state index contributed by atoms with van der Waals surface area (Å²) in [6.07, 6.45) is 16.0. The average Bonchev–Trinajstić information content (AvgIpc) is 3.13. The topological polar surface area (TPSA) is 55.8 Å². The van der Waals surface area contributed by atoms with Crippen LogP contribution in [0.3, 0.4) is 0 Å². The number of rotatable bonds is 8. The fraction of sp³-hybridized carbons (Fsp3) is 0.909. The van der Waals surface area contributed by atoms with E-state index in [1.54, 1.807) is 5.57 Å². The zero-order valence-corrected chi connectivity index (χ0v) is 25.2. The third-order valence-electron chi connectivity index (χ3n) is 11.1. The number of aliphatic hydroxyl groups is 1. The summed E-state index contributed by atoms with van der Waals surface area (Å²) in [5, 5.41) is 10.2. The molecule has 0 amide bonds. The van der Waals surface area contributed by atoms with Crippen LogP contribution in [0.15, 0.2) is 11.6 Å². The van der Waals surface area contributed by atoms with E-state index in [9.17, 15) is 9.90 Å². The van der Waals surface area contributed by atoms with Gasteiger partial charge in [-0.2, -0.15) is 0 Å². The molecule has 4 aliphatic rings. The van der Waals surface area contributed by atoms with Gasteiger partial charge in [0.25, 0.3) is 0 Å². The molecule has 0 bridgehead atoms. The SMILES string of the molecule is C[C@H](CCCC(C)(C)O)[C@H]1CC[C@H]2[C@@H]3CC=C4C[C@@H](OCC(=O)OC(C)(C)C)CC[C@]4(C)[C@H]3CC[C@]12C. The van der Waals surface area contributed by atoms with Gasteiger partial charge in [0, 0.05) is 0 Å². The van der Waals surface area contributed by atoms with Crippen molar-refractivity contribution in [2.24, 2.45) is 40.4 Å². The number of fused-ring (bicyclic) bond motifs is 5. The predicted octanol–water partition coefficient (Wildman–Crippen LogP) is 7.87. The first kappa shape index (κ1) is 29.1. The number of carbonyl (C=O) groups is 1. The van der Waals surface area contributed by atoms with E-state index in [4.69, 9.17) is 9.47 Å². The van der Waals surface area contributed by atoms with Gasteiger partial charge in [0.05, 0.1) is 11.7 Å². The van der Waals surface area contributed by atoms with Crippen LogP contribution in [-0.4, -0.2) is 35.0 Å². The molecular formula is C33H56O4. The van der Waals surface area contributed by atoms with Crippen molar-refractivity contribution in [3.05, 3.63) is 11.6 Å². The Kier molecular flexibility index (Phi) is 8.34. The molecule has 37 heavy (non-hydrogen) atoms. The molecule has 212 valence electrons. The monoisotopic (exact) mass is 516 g/mol. The molecule has 0 aromatic heterocycles. The summed E-state index contributed by atoms with van der Waals surface area (Å²) in [4.78, 5) is 12.2. The van der Waals surface area contributed by atoms with Crippen molar-refractivity contribution in [1.29, 1.82) is 0 Å². The van der Waals surface area contributed by atoms with E-state index in [1.807, 2.05) is 34.6 Å². The summed E-state index contributed by atoms with van der Waals surface area (Å²) in [6, 6.07) is 0. The molecule has 0 aromatic rings. The lowest BCUT2D eigenvalue weighted by atomic mass is 9.47. The van der Waals surface area contributed by atoms with Crippen LogP contribution < -0.4 is 0 Å². The molecule has 4 rings (SSSR count).